The predicted molar refractivity (Wildman–Crippen MR) is 57.2 cm³/mol. The summed E-state index contributed by atoms with van der Waals surface area (Å²) < 4.78 is 11.6. The molecule has 0 amide bonds. The summed E-state index contributed by atoms with van der Waals surface area (Å²) in [5.74, 6) is 1.02. The fourth-order valence-corrected chi connectivity index (χ4v) is 2.02. The molecule has 1 aromatic carbocycles. The molecule has 0 bridgehead atoms. The Morgan fingerprint density at radius 1 is 1.20 bits per heavy atom. The van der Waals surface area contributed by atoms with Gasteiger partial charge < -0.3 is 14.8 Å². The first kappa shape index (κ1) is 9.19. The largest absolute Gasteiger partial charge is 0.491 e. The monoisotopic (exact) mass is 205 g/mol. The van der Waals surface area contributed by atoms with E-state index in [-0.39, 0.29) is 6.10 Å². The van der Waals surface area contributed by atoms with Gasteiger partial charge in [0.1, 0.15) is 12.4 Å². The van der Waals surface area contributed by atoms with Crippen LogP contribution in [0.5, 0.6) is 5.75 Å². The molecule has 1 N–H and O–H groups in total. The van der Waals surface area contributed by atoms with Crippen molar-refractivity contribution < 1.29 is 9.47 Å². The highest BCUT2D eigenvalue weighted by atomic mass is 16.5. The first-order valence-corrected chi connectivity index (χ1v) is 5.49. The molecule has 2 aliphatic rings. The molecule has 0 saturated carbocycles. The van der Waals surface area contributed by atoms with Gasteiger partial charge in [-0.3, -0.25) is 0 Å². The molecular formula is C12H15NO2. The average molecular weight is 205 g/mol. The Balaban J connectivity index is 1.66. The topological polar surface area (TPSA) is 30.5 Å². The minimum atomic E-state index is 0.229. The lowest BCUT2D eigenvalue weighted by Gasteiger charge is -2.33. The molecule has 1 aromatic rings. The van der Waals surface area contributed by atoms with Crippen molar-refractivity contribution in [3.8, 4) is 5.75 Å². The highest BCUT2D eigenvalue weighted by Crippen LogP contribution is 2.25. The molecule has 0 aromatic heterocycles. The van der Waals surface area contributed by atoms with Gasteiger partial charge in [-0.15, -0.1) is 0 Å². The van der Waals surface area contributed by atoms with Gasteiger partial charge in [-0.1, -0.05) is 18.2 Å². The van der Waals surface area contributed by atoms with Crippen LogP contribution >= 0.6 is 0 Å². The van der Waals surface area contributed by atoms with Crippen LogP contribution in [0.15, 0.2) is 24.3 Å². The van der Waals surface area contributed by atoms with Crippen molar-refractivity contribution in [2.24, 2.45) is 0 Å². The predicted octanol–water partition coefficient (Wildman–Crippen LogP) is 0.978. The Kier molecular flexibility index (Phi) is 2.35. The van der Waals surface area contributed by atoms with Crippen molar-refractivity contribution >= 4 is 0 Å². The van der Waals surface area contributed by atoms with Crippen LogP contribution in [0.2, 0.25) is 0 Å². The molecule has 0 aliphatic carbocycles. The van der Waals surface area contributed by atoms with Crippen LogP contribution in [0.25, 0.3) is 0 Å². The van der Waals surface area contributed by atoms with Crippen molar-refractivity contribution in [1.29, 1.82) is 0 Å². The van der Waals surface area contributed by atoms with Gasteiger partial charge in [0.05, 0.1) is 12.2 Å². The third kappa shape index (κ3) is 1.85. The lowest BCUT2D eigenvalue weighted by atomic mass is 10.0. The minimum absolute atomic E-state index is 0.229. The standard InChI is InChI=1S/C12H15NO2/c1-2-4-12-9(3-1)5-10(8-14-12)15-11-6-13-7-11/h1-4,10-11,13H,5-8H2. The van der Waals surface area contributed by atoms with E-state index in [2.05, 4.69) is 17.4 Å². The lowest BCUT2D eigenvalue weighted by molar-refractivity contribution is -0.0600. The van der Waals surface area contributed by atoms with Crippen molar-refractivity contribution in [3.05, 3.63) is 29.8 Å². The number of fused-ring (bicyclic) bond motifs is 1. The molecule has 3 nitrogen and oxygen atoms in total. The summed E-state index contributed by atoms with van der Waals surface area (Å²) in [7, 11) is 0. The molecule has 0 radical (unpaired) electrons. The van der Waals surface area contributed by atoms with Crippen LogP contribution in [-0.2, 0) is 11.2 Å². The number of para-hydroxylation sites is 1. The van der Waals surface area contributed by atoms with Gasteiger partial charge in [-0.2, -0.15) is 0 Å². The quantitative estimate of drug-likeness (QED) is 0.780. The molecule has 1 atom stereocenters. The van der Waals surface area contributed by atoms with Gasteiger partial charge in [-0.25, -0.2) is 0 Å². The number of hydrogen-bond donors (Lipinski definition) is 1. The Morgan fingerprint density at radius 2 is 2.07 bits per heavy atom. The van der Waals surface area contributed by atoms with Crippen molar-refractivity contribution in [2.45, 2.75) is 18.6 Å². The van der Waals surface area contributed by atoms with E-state index in [1.165, 1.54) is 5.56 Å². The fraction of sp³-hybridized carbons (Fsp3) is 0.500. The van der Waals surface area contributed by atoms with Crippen LogP contribution in [-0.4, -0.2) is 31.9 Å². The highest BCUT2D eigenvalue weighted by molar-refractivity contribution is 5.35. The van der Waals surface area contributed by atoms with Gasteiger partial charge in [0.15, 0.2) is 0 Å². The second kappa shape index (κ2) is 3.83. The number of rotatable bonds is 2. The van der Waals surface area contributed by atoms with Crippen molar-refractivity contribution in [3.63, 3.8) is 0 Å². The summed E-state index contributed by atoms with van der Waals surface area (Å²) in [6, 6.07) is 8.20. The molecule has 2 heterocycles. The summed E-state index contributed by atoms with van der Waals surface area (Å²) in [5, 5.41) is 3.20. The van der Waals surface area contributed by atoms with E-state index in [1.54, 1.807) is 0 Å². The third-order valence-electron chi connectivity index (χ3n) is 2.97. The summed E-state index contributed by atoms with van der Waals surface area (Å²) in [4.78, 5) is 0. The molecule has 2 aliphatic heterocycles. The first-order chi connectivity index (χ1) is 7.42. The van der Waals surface area contributed by atoms with Crippen LogP contribution in [0.3, 0.4) is 0 Å². The summed E-state index contributed by atoms with van der Waals surface area (Å²) in [6.07, 6.45) is 1.60. The second-order valence-electron chi connectivity index (χ2n) is 4.16. The molecule has 1 fully saturated rings. The van der Waals surface area contributed by atoms with Gasteiger partial charge >= 0.3 is 0 Å². The maximum Gasteiger partial charge on any atom is 0.122 e. The van der Waals surface area contributed by atoms with Crippen LogP contribution < -0.4 is 10.1 Å². The zero-order chi connectivity index (χ0) is 10.1. The zero-order valence-corrected chi connectivity index (χ0v) is 8.61. The smallest absolute Gasteiger partial charge is 0.122 e. The molecule has 3 heteroatoms. The van der Waals surface area contributed by atoms with Crippen molar-refractivity contribution in [2.75, 3.05) is 19.7 Å². The van der Waals surface area contributed by atoms with Crippen LogP contribution in [0, 0.1) is 0 Å². The van der Waals surface area contributed by atoms with Crippen LogP contribution in [0.1, 0.15) is 5.56 Å². The summed E-state index contributed by atoms with van der Waals surface area (Å²) in [6.45, 7) is 2.66. The Hall–Kier alpha value is -1.06. The zero-order valence-electron chi connectivity index (χ0n) is 8.61. The molecule has 1 unspecified atom stereocenters. The van der Waals surface area contributed by atoms with E-state index in [4.69, 9.17) is 9.47 Å². The molecule has 1 saturated heterocycles. The Labute approximate surface area is 89.4 Å². The van der Waals surface area contributed by atoms with Gasteiger partial charge in [-0.05, 0) is 11.6 Å². The highest BCUT2D eigenvalue weighted by Gasteiger charge is 2.26. The molecule has 0 spiro atoms. The molecule has 15 heavy (non-hydrogen) atoms. The summed E-state index contributed by atoms with van der Waals surface area (Å²) in [5.41, 5.74) is 1.26. The Bertz CT molecular complexity index is 349. The number of benzene rings is 1. The molecule has 80 valence electrons. The van der Waals surface area contributed by atoms with E-state index in [9.17, 15) is 0 Å². The maximum atomic E-state index is 5.90. The number of hydrogen-bond acceptors (Lipinski definition) is 3. The molecule has 3 rings (SSSR count). The van der Waals surface area contributed by atoms with E-state index in [1.807, 2.05) is 12.1 Å². The third-order valence-corrected chi connectivity index (χ3v) is 2.97. The average Bonchev–Trinajstić information content (AvgIpc) is 2.23. The number of nitrogens with one attached hydrogen (secondary N) is 1. The fourth-order valence-electron chi connectivity index (χ4n) is 2.02. The summed E-state index contributed by atoms with van der Waals surface area (Å²) >= 11 is 0. The van der Waals surface area contributed by atoms with Gasteiger partial charge in [0, 0.05) is 19.5 Å². The second-order valence-corrected chi connectivity index (χ2v) is 4.16. The van der Waals surface area contributed by atoms with E-state index >= 15 is 0 Å². The van der Waals surface area contributed by atoms with E-state index in [0.29, 0.717) is 12.7 Å². The van der Waals surface area contributed by atoms with Gasteiger partial charge in [0.25, 0.3) is 0 Å². The maximum absolute atomic E-state index is 5.90. The minimum Gasteiger partial charge on any atom is -0.491 e. The normalized spacial score (nSPS) is 25.2. The molecular weight excluding hydrogens is 190 g/mol. The van der Waals surface area contributed by atoms with Gasteiger partial charge in [0.2, 0.25) is 0 Å². The van der Waals surface area contributed by atoms with Crippen LogP contribution in [0.4, 0.5) is 0 Å². The number of ether oxygens (including phenoxy) is 2. The van der Waals surface area contributed by atoms with Crippen molar-refractivity contribution in [1.82, 2.24) is 5.32 Å². The van der Waals surface area contributed by atoms with E-state index in [0.717, 1.165) is 25.3 Å². The first-order valence-electron chi connectivity index (χ1n) is 5.49. The van der Waals surface area contributed by atoms with E-state index < -0.39 is 0 Å². The Morgan fingerprint density at radius 3 is 2.87 bits per heavy atom. The lowest BCUT2D eigenvalue weighted by Crippen LogP contribution is -2.51. The SMILES string of the molecule is c1ccc2c(c1)CC(OC1CNC1)CO2.